The Kier molecular flexibility index (Phi) is 7.17. The van der Waals surface area contributed by atoms with Gasteiger partial charge in [-0.1, -0.05) is 12.1 Å². The molecule has 0 radical (unpaired) electrons. The predicted octanol–water partition coefficient (Wildman–Crippen LogP) is 6.92. The summed E-state index contributed by atoms with van der Waals surface area (Å²) in [4.78, 5) is 14.2. The Bertz CT molecular complexity index is 1560. The van der Waals surface area contributed by atoms with Crippen molar-refractivity contribution in [3.63, 3.8) is 0 Å². The fraction of sp³-hybridized carbons (Fsp3) is 0.129. The van der Waals surface area contributed by atoms with Gasteiger partial charge >= 0.3 is 0 Å². The first-order valence-corrected chi connectivity index (χ1v) is 12.0. The first-order valence-electron chi connectivity index (χ1n) is 12.0. The second-order valence-electron chi connectivity index (χ2n) is 8.49. The molecule has 1 heterocycles. The molecule has 0 aliphatic heterocycles. The van der Waals surface area contributed by atoms with Gasteiger partial charge < -0.3 is 18.9 Å². The zero-order chi connectivity index (χ0) is 26.5. The minimum atomic E-state index is 0.660. The van der Waals surface area contributed by atoms with Crippen LogP contribution >= 0.6 is 0 Å². The van der Waals surface area contributed by atoms with Crippen molar-refractivity contribution in [3.05, 3.63) is 90.0 Å². The number of methoxy groups -OCH3 is 4. The molecule has 38 heavy (non-hydrogen) atoms. The van der Waals surface area contributed by atoms with E-state index in [0.29, 0.717) is 23.0 Å². The summed E-state index contributed by atoms with van der Waals surface area (Å²) in [7, 11) is 6.46. The lowest BCUT2D eigenvalue weighted by molar-refractivity contribution is 0.355. The van der Waals surface area contributed by atoms with Crippen LogP contribution in [0.1, 0.15) is 11.1 Å². The molecular formula is C31H27N3O4. The lowest BCUT2D eigenvalue weighted by Crippen LogP contribution is -1.92. The zero-order valence-corrected chi connectivity index (χ0v) is 21.6. The quantitative estimate of drug-likeness (QED) is 0.169. The average Bonchev–Trinajstić information content (AvgIpc) is 2.97. The Hall–Kier alpha value is -4.91. The molecule has 190 valence electrons. The summed E-state index contributed by atoms with van der Waals surface area (Å²) in [5, 5.41) is 2.09. The normalized spacial score (nSPS) is 11.5. The van der Waals surface area contributed by atoms with Gasteiger partial charge in [-0.15, -0.1) is 0 Å². The predicted molar refractivity (Wildman–Crippen MR) is 153 cm³/mol. The van der Waals surface area contributed by atoms with E-state index in [4.69, 9.17) is 23.9 Å². The van der Waals surface area contributed by atoms with Crippen LogP contribution in [0.3, 0.4) is 0 Å². The highest BCUT2D eigenvalue weighted by molar-refractivity contribution is 5.95. The Balaban J connectivity index is 1.41. The topological polar surface area (TPSA) is 74.5 Å². The number of rotatable bonds is 8. The number of fused-ring (bicyclic) bond motifs is 2. The van der Waals surface area contributed by atoms with Crippen LogP contribution in [-0.2, 0) is 0 Å². The molecule has 0 aliphatic rings. The van der Waals surface area contributed by atoms with Gasteiger partial charge in [0.05, 0.1) is 50.8 Å². The average molecular weight is 506 g/mol. The van der Waals surface area contributed by atoms with E-state index in [1.165, 1.54) is 0 Å². The van der Waals surface area contributed by atoms with Crippen molar-refractivity contribution in [3.8, 4) is 23.0 Å². The van der Waals surface area contributed by atoms with Gasteiger partial charge in [-0.2, -0.15) is 0 Å². The molecule has 0 saturated carbocycles. The summed E-state index contributed by atoms with van der Waals surface area (Å²) >= 11 is 0. The van der Waals surface area contributed by atoms with Gasteiger partial charge in [-0.3, -0.25) is 9.98 Å². The molecule has 0 amide bonds. The van der Waals surface area contributed by atoms with Crippen LogP contribution in [0.2, 0.25) is 0 Å². The molecule has 0 fully saturated rings. The van der Waals surface area contributed by atoms with E-state index in [2.05, 4.69) is 16.1 Å². The van der Waals surface area contributed by atoms with Gasteiger partial charge in [0.15, 0.2) is 23.0 Å². The molecule has 0 N–H and O–H groups in total. The molecule has 5 aromatic rings. The van der Waals surface area contributed by atoms with Crippen LogP contribution in [-0.4, -0.2) is 45.9 Å². The summed E-state index contributed by atoms with van der Waals surface area (Å²) in [5.41, 5.74) is 5.15. The highest BCUT2D eigenvalue weighted by atomic mass is 16.5. The Labute approximate surface area is 221 Å². The molecule has 0 atom stereocenters. The van der Waals surface area contributed by atoms with E-state index in [0.717, 1.165) is 44.3 Å². The van der Waals surface area contributed by atoms with E-state index >= 15 is 0 Å². The van der Waals surface area contributed by atoms with E-state index in [1.54, 1.807) is 40.9 Å². The smallest absolute Gasteiger partial charge is 0.161 e. The third-order valence-corrected chi connectivity index (χ3v) is 6.12. The summed E-state index contributed by atoms with van der Waals surface area (Å²) < 4.78 is 21.4. The summed E-state index contributed by atoms with van der Waals surface area (Å²) in [6.07, 6.45) is 3.59. The minimum absolute atomic E-state index is 0.660. The molecule has 0 spiro atoms. The second kappa shape index (κ2) is 11.0. The molecule has 4 aromatic carbocycles. The maximum absolute atomic E-state index is 5.38. The van der Waals surface area contributed by atoms with Crippen molar-refractivity contribution < 1.29 is 18.9 Å². The van der Waals surface area contributed by atoms with Gasteiger partial charge in [-0.25, -0.2) is 4.98 Å². The van der Waals surface area contributed by atoms with Crippen molar-refractivity contribution in [2.24, 2.45) is 9.98 Å². The molecule has 0 unspecified atom stereocenters. The van der Waals surface area contributed by atoms with E-state index in [-0.39, 0.29) is 0 Å². The SMILES string of the molecule is COc1ccc(C=Nc2ccc3cc4ccc(N=Cc5ccc(OC)c(OC)c5)cc4nc3c2)cc1OC. The summed E-state index contributed by atoms with van der Waals surface area (Å²) in [6.45, 7) is 0. The van der Waals surface area contributed by atoms with Crippen molar-refractivity contribution >= 4 is 45.6 Å². The molecule has 5 rings (SSSR count). The molecule has 7 heteroatoms. The van der Waals surface area contributed by atoms with Crippen molar-refractivity contribution in [1.29, 1.82) is 0 Å². The molecule has 0 aliphatic carbocycles. The Morgan fingerprint density at radius 1 is 0.500 bits per heavy atom. The van der Waals surface area contributed by atoms with Crippen molar-refractivity contribution in [1.82, 2.24) is 4.98 Å². The number of pyridine rings is 1. The number of hydrogen-bond donors (Lipinski definition) is 0. The van der Waals surface area contributed by atoms with Crippen molar-refractivity contribution in [2.45, 2.75) is 0 Å². The third-order valence-electron chi connectivity index (χ3n) is 6.12. The molecule has 1 aromatic heterocycles. The van der Waals surface area contributed by atoms with E-state index in [1.807, 2.05) is 72.8 Å². The lowest BCUT2D eigenvalue weighted by atomic mass is 10.1. The number of benzene rings is 4. The van der Waals surface area contributed by atoms with Gasteiger partial charge in [-0.05, 0) is 77.9 Å². The third kappa shape index (κ3) is 5.27. The monoisotopic (exact) mass is 505 g/mol. The lowest BCUT2D eigenvalue weighted by Gasteiger charge is -2.07. The Morgan fingerprint density at radius 3 is 1.37 bits per heavy atom. The Morgan fingerprint density at radius 2 is 0.947 bits per heavy atom. The van der Waals surface area contributed by atoms with Crippen LogP contribution < -0.4 is 18.9 Å². The molecule has 7 nitrogen and oxygen atoms in total. The number of aromatic nitrogens is 1. The fourth-order valence-corrected chi connectivity index (χ4v) is 4.12. The molecule has 0 bridgehead atoms. The molecular weight excluding hydrogens is 478 g/mol. The maximum Gasteiger partial charge on any atom is 0.161 e. The minimum Gasteiger partial charge on any atom is -0.493 e. The fourth-order valence-electron chi connectivity index (χ4n) is 4.12. The van der Waals surface area contributed by atoms with E-state index in [9.17, 15) is 0 Å². The van der Waals surface area contributed by atoms with Gasteiger partial charge in [0.25, 0.3) is 0 Å². The maximum atomic E-state index is 5.38. The van der Waals surface area contributed by atoms with Crippen molar-refractivity contribution in [2.75, 3.05) is 28.4 Å². The highest BCUT2D eigenvalue weighted by Gasteiger charge is 2.06. The first kappa shape index (κ1) is 24.8. The molecule has 0 saturated heterocycles. The number of nitrogens with zero attached hydrogens (tertiary/aromatic N) is 3. The van der Waals surface area contributed by atoms with Crippen LogP contribution in [0.5, 0.6) is 23.0 Å². The van der Waals surface area contributed by atoms with Crippen LogP contribution in [0.4, 0.5) is 11.4 Å². The largest absolute Gasteiger partial charge is 0.493 e. The second-order valence-corrected chi connectivity index (χ2v) is 8.49. The van der Waals surface area contributed by atoms with Gasteiger partial charge in [0.2, 0.25) is 0 Å². The van der Waals surface area contributed by atoms with Crippen LogP contribution in [0.25, 0.3) is 21.8 Å². The van der Waals surface area contributed by atoms with Gasteiger partial charge in [0.1, 0.15) is 0 Å². The zero-order valence-electron chi connectivity index (χ0n) is 21.6. The number of ether oxygens (including phenoxy) is 4. The summed E-state index contributed by atoms with van der Waals surface area (Å²) in [6, 6.07) is 25.5. The summed E-state index contributed by atoms with van der Waals surface area (Å²) in [5.74, 6) is 2.68. The van der Waals surface area contributed by atoms with Gasteiger partial charge in [0, 0.05) is 23.2 Å². The van der Waals surface area contributed by atoms with E-state index < -0.39 is 0 Å². The number of aliphatic imine (C=N–C) groups is 2. The first-order chi connectivity index (χ1) is 18.6. The standard InChI is InChI=1S/C31H27N3O4/c1-35-28-11-5-20(13-30(28)37-3)18-32-24-9-7-22-15-23-8-10-25(17-27(23)34-26(22)16-24)33-19-21-6-12-29(36-2)31(14-21)38-4/h5-19H,1-4H3. The van der Waals surface area contributed by atoms with Crippen LogP contribution in [0, 0.1) is 0 Å². The number of hydrogen-bond acceptors (Lipinski definition) is 7. The highest BCUT2D eigenvalue weighted by Crippen LogP contribution is 2.30. The van der Waals surface area contributed by atoms with Crippen LogP contribution in [0.15, 0.2) is 88.8 Å².